The fraction of sp³-hybridized carbons (Fsp3) is 0. The second-order valence-electron chi connectivity index (χ2n) is 6.90. The minimum atomic E-state index is -0.725. The van der Waals surface area contributed by atoms with Crippen LogP contribution in [-0.4, -0.2) is 17.7 Å². The van der Waals surface area contributed by atoms with Crippen molar-refractivity contribution in [1.29, 1.82) is 0 Å². The maximum atomic E-state index is 13.0. The van der Waals surface area contributed by atoms with Crippen molar-refractivity contribution in [2.75, 3.05) is 15.5 Å². The molecule has 1 aliphatic rings. The molecule has 0 aromatic heterocycles. The van der Waals surface area contributed by atoms with Crippen molar-refractivity contribution in [2.24, 2.45) is 0 Å². The van der Waals surface area contributed by atoms with E-state index in [0.29, 0.717) is 22.0 Å². The van der Waals surface area contributed by atoms with Crippen LogP contribution in [0.1, 0.15) is 10.4 Å². The molecule has 0 bridgehead atoms. The van der Waals surface area contributed by atoms with E-state index >= 15 is 0 Å². The van der Waals surface area contributed by atoms with Crippen LogP contribution in [0.5, 0.6) is 0 Å². The molecule has 0 atom stereocenters. The van der Waals surface area contributed by atoms with Crippen LogP contribution in [-0.2, 0) is 9.59 Å². The van der Waals surface area contributed by atoms with E-state index in [1.807, 2.05) is 12.1 Å². The standard InChI is InChI=1S/C23H13BrCl3N3O3/c24-13-4-7-15(8-5-13)29-21(31)12-2-1-3-16(10-12)28-20-19(27)22(32)30(23(20)33)18-9-6-14(25)11-17(18)26/h1-11,28H,(H,29,31). The molecular formula is C23H13BrCl3N3O3. The summed E-state index contributed by atoms with van der Waals surface area (Å²) in [6, 6.07) is 18.0. The molecule has 0 unspecified atom stereocenters. The number of benzene rings is 3. The summed E-state index contributed by atoms with van der Waals surface area (Å²) in [5.41, 5.74) is 1.40. The summed E-state index contributed by atoms with van der Waals surface area (Å²) in [6.07, 6.45) is 0. The lowest BCUT2D eigenvalue weighted by Gasteiger charge is -2.16. The molecule has 3 aromatic carbocycles. The number of hydrogen-bond donors (Lipinski definition) is 2. The van der Waals surface area contributed by atoms with Crippen molar-refractivity contribution in [3.8, 4) is 0 Å². The van der Waals surface area contributed by atoms with E-state index in [-0.39, 0.29) is 27.3 Å². The van der Waals surface area contributed by atoms with Gasteiger partial charge in [-0.15, -0.1) is 0 Å². The zero-order valence-corrected chi connectivity index (χ0v) is 20.4. The van der Waals surface area contributed by atoms with Gasteiger partial charge in [0.1, 0.15) is 10.7 Å². The first-order chi connectivity index (χ1) is 15.7. The number of carbonyl (C=O) groups excluding carboxylic acids is 3. The average Bonchev–Trinajstić information content (AvgIpc) is 2.99. The summed E-state index contributed by atoms with van der Waals surface area (Å²) in [7, 11) is 0. The van der Waals surface area contributed by atoms with Gasteiger partial charge in [-0.05, 0) is 60.7 Å². The fourth-order valence-electron chi connectivity index (χ4n) is 3.11. The molecule has 0 saturated heterocycles. The molecule has 3 amide bonds. The molecule has 166 valence electrons. The Morgan fingerprint density at radius 2 is 1.58 bits per heavy atom. The lowest BCUT2D eigenvalue weighted by Crippen LogP contribution is -2.32. The Labute approximate surface area is 212 Å². The predicted molar refractivity (Wildman–Crippen MR) is 134 cm³/mol. The second kappa shape index (κ2) is 9.57. The predicted octanol–water partition coefficient (Wildman–Crippen LogP) is 6.44. The Kier molecular flexibility index (Phi) is 6.76. The summed E-state index contributed by atoms with van der Waals surface area (Å²) in [5, 5.41) is 5.83. The van der Waals surface area contributed by atoms with E-state index < -0.39 is 11.8 Å². The number of anilines is 3. The van der Waals surface area contributed by atoms with Crippen molar-refractivity contribution in [3.63, 3.8) is 0 Å². The molecule has 0 aliphatic carbocycles. The first kappa shape index (κ1) is 23.3. The minimum absolute atomic E-state index is 0.126. The average molecular weight is 566 g/mol. The highest BCUT2D eigenvalue weighted by molar-refractivity contribution is 9.10. The molecule has 3 aromatic rings. The van der Waals surface area contributed by atoms with Crippen LogP contribution >= 0.6 is 50.7 Å². The van der Waals surface area contributed by atoms with E-state index in [0.717, 1.165) is 9.37 Å². The zero-order chi connectivity index (χ0) is 23.7. The highest BCUT2D eigenvalue weighted by Gasteiger charge is 2.39. The zero-order valence-electron chi connectivity index (χ0n) is 16.5. The Hall–Kier alpha value is -2.84. The lowest BCUT2D eigenvalue weighted by atomic mass is 10.1. The molecule has 4 rings (SSSR count). The van der Waals surface area contributed by atoms with Crippen molar-refractivity contribution in [3.05, 3.63) is 97.5 Å². The highest BCUT2D eigenvalue weighted by atomic mass is 79.9. The van der Waals surface area contributed by atoms with Gasteiger partial charge < -0.3 is 10.6 Å². The van der Waals surface area contributed by atoms with Gasteiger partial charge in [0.15, 0.2) is 0 Å². The van der Waals surface area contributed by atoms with Gasteiger partial charge in [-0.2, -0.15) is 0 Å². The monoisotopic (exact) mass is 563 g/mol. The van der Waals surface area contributed by atoms with Gasteiger partial charge in [0, 0.05) is 26.4 Å². The molecule has 0 spiro atoms. The van der Waals surface area contributed by atoms with Crippen LogP contribution in [0.15, 0.2) is 81.9 Å². The largest absolute Gasteiger partial charge is 0.350 e. The quantitative estimate of drug-likeness (QED) is 0.349. The Morgan fingerprint density at radius 3 is 2.27 bits per heavy atom. The number of halogens is 4. The normalized spacial score (nSPS) is 13.5. The summed E-state index contributed by atoms with van der Waals surface area (Å²) < 4.78 is 0.890. The summed E-state index contributed by atoms with van der Waals surface area (Å²) >= 11 is 21.6. The van der Waals surface area contributed by atoms with Crippen LogP contribution in [0.3, 0.4) is 0 Å². The fourth-order valence-corrected chi connectivity index (χ4v) is 4.08. The molecular weight excluding hydrogens is 553 g/mol. The van der Waals surface area contributed by atoms with Gasteiger partial charge in [-0.3, -0.25) is 14.4 Å². The molecule has 2 N–H and O–H groups in total. The summed E-state index contributed by atoms with van der Waals surface area (Å²) in [4.78, 5) is 39.1. The van der Waals surface area contributed by atoms with Crippen LogP contribution in [0.2, 0.25) is 10.0 Å². The van der Waals surface area contributed by atoms with E-state index in [1.54, 1.807) is 36.4 Å². The molecule has 0 fully saturated rings. The second-order valence-corrected chi connectivity index (χ2v) is 9.03. The highest BCUT2D eigenvalue weighted by Crippen LogP contribution is 2.35. The van der Waals surface area contributed by atoms with E-state index in [4.69, 9.17) is 34.8 Å². The number of hydrogen-bond acceptors (Lipinski definition) is 4. The van der Waals surface area contributed by atoms with Gasteiger partial charge in [0.25, 0.3) is 17.7 Å². The van der Waals surface area contributed by atoms with Gasteiger partial charge in [-0.1, -0.05) is 56.8 Å². The Bertz CT molecular complexity index is 1330. The summed E-state index contributed by atoms with van der Waals surface area (Å²) in [5.74, 6) is -1.75. The van der Waals surface area contributed by atoms with Gasteiger partial charge in [0.05, 0.1) is 10.7 Å². The molecule has 1 heterocycles. The van der Waals surface area contributed by atoms with Gasteiger partial charge in [-0.25, -0.2) is 4.90 Å². The number of imide groups is 1. The van der Waals surface area contributed by atoms with Crippen molar-refractivity contribution in [1.82, 2.24) is 0 Å². The molecule has 0 saturated carbocycles. The van der Waals surface area contributed by atoms with Gasteiger partial charge >= 0.3 is 0 Å². The van der Waals surface area contributed by atoms with E-state index in [2.05, 4.69) is 26.6 Å². The van der Waals surface area contributed by atoms with Crippen LogP contribution in [0, 0.1) is 0 Å². The lowest BCUT2D eigenvalue weighted by molar-refractivity contribution is -0.120. The maximum absolute atomic E-state index is 13.0. The van der Waals surface area contributed by atoms with Crippen LogP contribution in [0.4, 0.5) is 17.1 Å². The van der Waals surface area contributed by atoms with Crippen LogP contribution < -0.4 is 15.5 Å². The van der Waals surface area contributed by atoms with E-state index in [1.165, 1.54) is 18.2 Å². The Morgan fingerprint density at radius 1 is 0.848 bits per heavy atom. The van der Waals surface area contributed by atoms with Crippen molar-refractivity contribution in [2.45, 2.75) is 0 Å². The molecule has 0 radical (unpaired) electrons. The number of nitrogens with zero attached hydrogens (tertiary/aromatic N) is 1. The maximum Gasteiger partial charge on any atom is 0.283 e. The van der Waals surface area contributed by atoms with Crippen LogP contribution in [0.25, 0.3) is 0 Å². The molecule has 6 nitrogen and oxygen atoms in total. The third-order valence-corrected chi connectivity index (χ3v) is 6.09. The SMILES string of the molecule is O=C(Nc1ccc(Br)cc1)c1cccc(NC2=C(Cl)C(=O)N(c3ccc(Cl)cc3Cl)C2=O)c1. The number of amides is 3. The minimum Gasteiger partial charge on any atom is -0.350 e. The smallest absolute Gasteiger partial charge is 0.283 e. The van der Waals surface area contributed by atoms with Gasteiger partial charge in [0.2, 0.25) is 0 Å². The molecule has 1 aliphatic heterocycles. The first-order valence-electron chi connectivity index (χ1n) is 9.42. The Balaban J connectivity index is 1.55. The topological polar surface area (TPSA) is 78.5 Å². The van der Waals surface area contributed by atoms with E-state index in [9.17, 15) is 14.4 Å². The molecule has 33 heavy (non-hydrogen) atoms. The third-order valence-electron chi connectivity index (χ3n) is 4.67. The van der Waals surface area contributed by atoms with Crippen molar-refractivity contribution >= 4 is 85.5 Å². The third kappa shape index (κ3) is 4.91. The van der Waals surface area contributed by atoms with Crippen molar-refractivity contribution < 1.29 is 14.4 Å². The number of carbonyl (C=O) groups is 3. The molecule has 10 heteroatoms. The first-order valence-corrected chi connectivity index (χ1v) is 11.3. The number of rotatable bonds is 5. The number of nitrogens with one attached hydrogen (secondary N) is 2. The summed E-state index contributed by atoms with van der Waals surface area (Å²) in [6.45, 7) is 0.